The fourth-order valence-electron chi connectivity index (χ4n) is 4.44. The lowest BCUT2D eigenvalue weighted by Gasteiger charge is -2.31. The average Bonchev–Trinajstić information content (AvgIpc) is 3.57. The largest absolute Gasteiger partial charge is 0.360 e. The summed E-state index contributed by atoms with van der Waals surface area (Å²) in [6.07, 6.45) is 1.53. The van der Waals surface area contributed by atoms with Gasteiger partial charge in [-0.25, -0.2) is 4.98 Å². The third-order valence-electron chi connectivity index (χ3n) is 6.48. The van der Waals surface area contributed by atoms with Gasteiger partial charge in [0.15, 0.2) is 0 Å². The SMILES string of the molecule is Cc1onc(-c2ccccc2)c1C(=O)N1CCC(c2nc(C(=O)NCc3cccc(Cl)c3Cl)cs2)CC1. The van der Waals surface area contributed by atoms with E-state index >= 15 is 0 Å². The fraction of sp³-hybridized carbons (Fsp3) is 0.259. The molecule has 0 radical (unpaired) electrons. The predicted molar refractivity (Wildman–Crippen MR) is 144 cm³/mol. The van der Waals surface area contributed by atoms with Crippen molar-refractivity contribution in [2.24, 2.45) is 0 Å². The first-order valence-corrected chi connectivity index (χ1v) is 13.5. The predicted octanol–water partition coefficient (Wildman–Crippen LogP) is 6.36. The lowest BCUT2D eigenvalue weighted by molar-refractivity contribution is 0.0711. The van der Waals surface area contributed by atoms with Crippen LogP contribution in [0.25, 0.3) is 11.3 Å². The van der Waals surface area contributed by atoms with Gasteiger partial charge >= 0.3 is 0 Å². The summed E-state index contributed by atoms with van der Waals surface area (Å²) >= 11 is 13.7. The van der Waals surface area contributed by atoms with E-state index in [1.54, 1.807) is 24.4 Å². The van der Waals surface area contributed by atoms with Gasteiger partial charge in [0.2, 0.25) is 0 Å². The van der Waals surface area contributed by atoms with Crippen molar-refractivity contribution in [1.82, 2.24) is 20.4 Å². The molecule has 2 amide bonds. The third-order valence-corrected chi connectivity index (χ3v) is 8.35. The van der Waals surface area contributed by atoms with E-state index in [1.807, 2.05) is 41.3 Å². The number of nitrogens with one attached hydrogen (secondary N) is 1. The smallest absolute Gasteiger partial charge is 0.271 e. The number of aromatic nitrogens is 2. The van der Waals surface area contributed by atoms with Crippen molar-refractivity contribution in [3.8, 4) is 11.3 Å². The van der Waals surface area contributed by atoms with Crippen molar-refractivity contribution >= 4 is 46.4 Å². The second-order valence-electron chi connectivity index (χ2n) is 8.86. The van der Waals surface area contributed by atoms with Crippen molar-refractivity contribution in [1.29, 1.82) is 0 Å². The molecule has 1 N–H and O–H groups in total. The van der Waals surface area contributed by atoms with Crippen LogP contribution in [-0.4, -0.2) is 39.9 Å². The maximum atomic E-state index is 13.4. The highest BCUT2D eigenvalue weighted by molar-refractivity contribution is 7.09. The number of amides is 2. The van der Waals surface area contributed by atoms with Crippen LogP contribution in [0.2, 0.25) is 10.0 Å². The average molecular weight is 555 g/mol. The van der Waals surface area contributed by atoms with Crippen molar-refractivity contribution in [3.63, 3.8) is 0 Å². The van der Waals surface area contributed by atoms with Gasteiger partial charge in [-0.05, 0) is 31.4 Å². The summed E-state index contributed by atoms with van der Waals surface area (Å²) in [4.78, 5) is 32.5. The normalized spacial score (nSPS) is 14.1. The number of hydrogen-bond donors (Lipinski definition) is 1. The standard InChI is InChI=1S/C27H24Cl2N4O3S/c1-16-22(24(32-36-16)17-6-3-2-4-7-17)27(35)33-12-10-18(11-13-33)26-31-21(15-37-26)25(34)30-14-19-8-5-9-20(28)23(19)29/h2-9,15,18H,10-14H2,1H3,(H,30,34). The van der Waals surface area contributed by atoms with Crippen molar-refractivity contribution in [3.05, 3.63) is 91.5 Å². The molecule has 4 aromatic rings. The summed E-state index contributed by atoms with van der Waals surface area (Å²) < 4.78 is 5.38. The van der Waals surface area contributed by atoms with Crippen LogP contribution in [-0.2, 0) is 6.54 Å². The number of benzene rings is 2. The number of likely N-dealkylation sites (tertiary alicyclic amines) is 1. The molecule has 2 aromatic heterocycles. The zero-order chi connectivity index (χ0) is 25.9. The molecular formula is C27H24Cl2N4O3S. The highest BCUT2D eigenvalue weighted by Crippen LogP contribution is 2.33. The molecule has 0 atom stereocenters. The molecule has 1 saturated heterocycles. The second-order valence-corrected chi connectivity index (χ2v) is 10.5. The lowest BCUT2D eigenvalue weighted by Crippen LogP contribution is -2.38. The summed E-state index contributed by atoms with van der Waals surface area (Å²) in [7, 11) is 0. The van der Waals surface area contributed by atoms with E-state index in [0.29, 0.717) is 45.8 Å². The Balaban J connectivity index is 1.20. The number of piperidine rings is 1. The number of nitrogens with zero attached hydrogens (tertiary/aromatic N) is 3. The van der Waals surface area contributed by atoms with Gasteiger partial charge in [0.1, 0.15) is 22.7 Å². The first kappa shape index (κ1) is 25.4. The van der Waals surface area contributed by atoms with Crippen molar-refractivity contribution in [2.75, 3.05) is 13.1 Å². The molecule has 37 heavy (non-hydrogen) atoms. The molecule has 0 spiro atoms. The molecule has 0 aliphatic carbocycles. The Kier molecular flexibility index (Phi) is 7.60. The molecule has 1 aliphatic rings. The summed E-state index contributed by atoms with van der Waals surface area (Å²) in [6.45, 7) is 3.22. The number of carbonyl (C=O) groups is 2. The molecule has 190 valence electrons. The van der Waals surface area contributed by atoms with E-state index in [2.05, 4.69) is 15.5 Å². The van der Waals surface area contributed by atoms with Gasteiger partial charge in [0, 0.05) is 36.5 Å². The van der Waals surface area contributed by atoms with Crippen LogP contribution in [0.3, 0.4) is 0 Å². The van der Waals surface area contributed by atoms with Gasteiger partial charge in [-0.15, -0.1) is 11.3 Å². The minimum absolute atomic E-state index is 0.0741. The Morgan fingerprint density at radius 1 is 1.11 bits per heavy atom. The molecule has 0 bridgehead atoms. The summed E-state index contributed by atoms with van der Waals surface area (Å²) in [6, 6.07) is 14.9. The number of thiazole rings is 1. The molecule has 0 saturated carbocycles. The molecule has 10 heteroatoms. The monoisotopic (exact) mass is 554 g/mol. The molecule has 1 fully saturated rings. The summed E-state index contributed by atoms with van der Waals surface area (Å²) in [5.41, 5.74) is 3.05. The second kappa shape index (κ2) is 11.0. The van der Waals surface area contributed by atoms with Crippen LogP contribution in [0.5, 0.6) is 0 Å². The van der Waals surface area contributed by atoms with Crippen LogP contribution < -0.4 is 5.32 Å². The number of rotatable bonds is 6. The minimum atomic E-state index is -0.262. The van der Waals surface area contributed by atoms with E-state index in [9.17, 15) is 9.59 Å². The highest BCUT2D eigenvalue weighted by Gasteiger charge is 2.31. The molecule has 3 heterocycles. The summed E-state index contributed by atoms with van der Waals surface area (Å²) in [5, 5.41) is 10.6. The molecule has 0 unspecified atom stereocenters. The van der Waals surface area contributed by atoms with E-state index in [1.165, 1.54) is 11.3 Å². The summed E-state index contributed by atoms with van der Waals surface area (Å²) in [5.74, 6) is 0.369. The number of carbonyl (C=O) groups excluding carboxylic acids is 2. The van der Waals surface area contributed by atoms with E-state index in [0.717, 1.165) is 29.0 Å². The van der Waals surface area contributed by atoms with Crippen LogP contribution in [0.15, 0.2) is 58.4 Å². The zero-order valence-corrected chi connectivity index (χ0v) is 22.4. The molecular weight excluding hydrogens is 531 g/mol. The first-order chi connectivity index (χ1) is 17.9. The Hall–Kier alpha value is -3.20. The van der Waals surface area contributed by atoms with Crippen LogP contribution in [0.1, 0.15) is 55.9 Å². The Bertz CT molecular complexity index is 1430. The molecule has 7 nitrogen and oxygen atoms in total. The Morgan fingerprint density at radius 3 is 2.62 bits per heavy atom. The van der Waals surface area contributed by atoms with E-state index < -0.39 is 0 Å². The third kappa shape index (κ3) is 5.42. The van der Waals surface area contributed by atoms with Crippen LogP contribution >= 0.6 is 34.5 Å². The Labute approximate surface area is 228 Å². The molecule has 1 aliphatic heterocycles. The first-order valence-electron chi connectivity index (χ1n) is 11.9. The van der Waals surface area contributed by atoms with E-state index in [-0.39, 0.29) is 24.3 Å². The maximum Gasteiger partial charge on any atom is 0.271 e. The number of aryl methyl sites for hydroxylation is 1. The Morgan fingerprint density at radius 2 is 1.86 bits per heavy atom. The minimum Gasteiger partial charge on any atom is -0.360 e. The zero-order valence-electron chi connectivity index (χ0n) is 20.0. The van der Waals surface area contributed by atoms with Crippen LogP contribution in [0, 0.1) is 6.92 Å². The maximum absolute atomic E-state index is 13.4. The van der Waals surface area contributed by atoms with Crippen LogP contribution in [0.4, 0.5) is 0 Å². The van der Waals surface area contributed by atoms with Gasteiger partial charge in [0.25, 0.3) is 11.8 Å². The topological polar surface area (TPSA) is 88.3 Å². The van der Waals surface area contributed by atoms with Crippen molar-refractivity contribution in [2.45, 2.75) is 32.2 Å². The van der Waals surface area contributed by atoms with Gasteiger partial charge in [-0.1, -0.05) is 70.8 Å². The molecule has 5 rings (SSSR count). The van der Waals surface area contributed by atoms with Crippen molar-refractivity contribution < 1.29 is 14.1 Å². The lowest BCUT2D eigenvalue weighted by atomic mass is 9.96. The van der Waals surface area contributed by atoms with Gasteiger partial charge in [-0.2, -0.15) is 0 Å². The fourth-order valence-corrected chi connectivity index (χ4v) is 5.79. The number of halogens is 2. The van der Waals surface area contributed by atoms with E-state index in [4.69, 9.17) is 27.7 Å². The number of hydrogen-bond acceptors (Lipinski definition) is 6. The van der Waals surface area contributed by atoms with Gasteiger partial charge in [-0.3, -0.25) is 9.59 Å². The molecule has 2 aromatic carbocycles. The van der Waals surface area contributed by atoms with Gasteiger partial charge in [0.05, 0.1) is 15.1 Å². The highest BCUT2D eigenvalue weighted by atomic mass is 35.5. The van der Waals surface area contributed by atoms with Gasteiger partial charge < -0.3 is 14.7 Å². The quantitative estimate of drug-likeness (QED) is 0.299.